The van der Waals surface area contributed by atoms with Gasteiger partial charge in [0.25, 0.3) is 0 Å². The number of thiazole rings is 1. The van der Waals surface area contributed by atoms with E-state index >= 15 is 0 Å². The van der Waals surface area contributed by atoms with Crippen LogP contribution in [0.15, 0.2) is 42.7 Å². The van der Waals surface area contributed by atoms with Crippen molar-refractivity contribution in [2.45, 2.75) is 58.2 Å². The Morgan fingerprint density at radius 1 is 1.24 bits per heavy atom. The summed E-state index contributed by atoms with van der Waals surface area (Å²) in [7, 11) is 1.83. The highest BCUT2D eigenvalue weighted by Gasteiger charge is 2.16. The first-order valence-corrected chi connectivity index (χ1v) is 12.5. The van der Waals surface area contributed by atoms with Crippen molar-refractivity contribution in [1.82, 2.24) is 9.97 Å². The molecule has 0 aliphatic heterocycles. The zero-order chi connectivity index (χ0) is 24.6. The van der Waals surface area contributed by atoms with E-state index in [9.17, 15) is 5.11 Å². The van der Waals surface area contributed by atoms with E-state index in [1.54, 1.807) is 25.2 Å². The van der Waals surface area contributed by atoms with Gasteiger partial charge in [0, 0.05) is 36.5 Å². The average Bonchev–Trinajstić information content (AvgIpc) is 3.32. The van der Waals surface area contributed by atoms with E-state index in [-0.39, 0.29) is 0 Å². The SMILES string of the molecule is CCC(CCCN)c1ncc(-c2cnc(NC)c(OCc3cccc(C#CC(C)(C)O)c3)c2)s1. The fraction of sp³-hybridized carbons (Fsp3) is 0.407. The average molecular weight is 479 g/mol. The van der Waals surface area contributed by atoms with Gasteiger partial charge in [0.1, 0.15) is 12.2 Å². The van der Waals surface area contributed by atoms with E-state index in [2.05, 4.69) is 34.0 Å². The van der Waals surface area contributed by atoms with E-state index in [0.717, 1.165) is 45.8 Å². The molecule has 2 aromatic heterocycles. The van der Waals surface area contributed by atoms with Crippen LogP contribution in [0.5, 0.6) is 5.75 Å². The maximum atomic E-state index is 9.84. The first-order valence-electron chi connectivity index (χ1n) is 11.6. The molecular formula is C27H34N4O2S. The summed E-state index contributed by atoms with van der Waals surface area (Å²) < 4.78 is 6.15. The lowest BCUT2D eigenvalue weighted by Crippen LogP contribution is -2.14. The molecule has 180 valence electrons. The Kier molecular flexibility index (Phi) is 9.05. The van der Waals surface area contributed by atoms with Crippen LogP contribution in [0.4, 0.5) is 5.82 Å². The first-order chi connectivity index (χ1) is 16.3. The van der Waals surface area contributed by atoms with Crippen LogP contribution in [-0.2, 0) is 6.61 Å². The lowest BCUT2D eigenvalue weighted by molar-refractivity contribution is 0.143. The Labute approximate surface area is 206 Å². The smallest absolute Gasteiger partial charge is 0.168 e. The molecule has 1 aromatic carbocycles. The monoisotopic (exact) mass is 478 g/mol. The molecule has 6 nitrogen and oxygen atoms in total. The van der Waals surface area contributed by atoms with Crippen molar-refractivity contribution in [2.24, 2.45) is 5.73 Å². The molecule has 1 atom stereocenters. The Morgan fingerprint density at radius 3 is 2.76 bits per heavy atom. The zero-order valence-electron chi connectivity index (χ0n) is 20.4. The van der Waals surface area contributed by atoms with Gasteiger partial charge in [-0.15, -0.1) is 11.3 Å². The summed E-state index contributed by atoms with van der Waals surface area (Å²) in [5.74, 6) is 7.65. The highest BCUT2D eigenvalue weighted by molar-refractivity contribution is 7.15. The van der Waals surface area contributed by atoms with Gasteiger partial charge >= 0.3 is 0 Å². The number of anilines is 1. The second-order valence-electron chi connectivity index (χ2n) is 8.72. The van der Waals surface area contributed by atoms with Crippen molar-refractivity contribution < 1.29 is 9.84 Å². The van der Waals surface area contributed by atoms with Gasteiger partial charge in [-0.1, -0.05) is 30.9 Å². The molecule has 0 aliphatic rings. The molecule has 0 bridgehead atoms. The van der Waals surface area contributed by atoms with Crippen molar-refractivity contribution >= 4 is 17.2 Å². The lowest BCUT2D eigenvalue weighted by atomic mass is 10.0. The molecule has 2 heterocycles. The molecule has 7 heteroatoms. The molecule has 3 aromatic rings. The first kappa shape index (κ1) is 25.7. The Balaban J connectivity index is 1.77. The second-order valence-corrected chi connectivity index (χ2v) is 9.78. The van der Waals surface area contributed by atoms with Crippen LogP contribution in [0.3, 0.4) is 0 Å². The van der Waals surface area contributed by atoms with Crippen LogP contribution in [0, 0.1) is 11.8 Å². The number of hydrogen-bond acceptors (Lipinski definition) is 7. The van der Waals surface area contributed by atoms with Crippen LogP contribution in [0.25, 0.3) is 10.4 Å². The predicted molar refractivity (Wildman–Crippen MR) is 140 cm³/mol. The van der Waals surface area contributed by atoms with Gasteiger partial charge in [-0.25, -0.2) is 9.97 Å². The minimum absolute atomic E-state index is 0.378. The van der Waals surface area contributed by atoms with Gasteiger partial charge in [-0.3, -0.25) is 0 Å². The molecule has 3 rings (SSSR count). The second kappa shape index (κ2) is 12.0. The summed E-state index contributed by atoms with van der Waals surface area (Å²) in [6.45, 7) is 6.62. The van der Waals surface area contributed by atoms with Crippen molar-refractivity contribution in [3.63, 3.8) is 0 Å². The number of nitrogens with two attached hydrogens (primary N) is 1. The third kappa shape index (κ3) is 7.29. The summed E-state index contributed by atoms with van der Waals surface area (Å²) in [6, 6.07) is 9.83. The molecular weight excluding hydrogens is 444 g/mol. The summed E-state index contributed by atoms with van der Waals surface area (Å²) in [6.07, 6.45) is 6.90. The largest absolute Gasteiger partial charge is 0.485 e. The standard InChI is InChI=1S/C27H34N4O2S/c1-5-21(10-7-13-28)26-31-17-24(34-26)22-15-23(25(29-4)30-16-22)33-18-20-9-6-8-19(14-20)11-12-27(2,3)32/h6,8-9,14-17,21,32H,5,7,10,13,18,28H2,1-4H3,(H,29,30). The van der Waals surface area contributed by atoms with E-state index in [4.69, 9.17) is 10.5 Å². The quantitative estimate of drug-likeness (QED) is 0.348. The van der Waals surface area contributed by atoms with Crippen LogP contribution in [-0.4, -0.2) is 34.3 Å². The number of rotatable bonds is 10. The third-order valence-corrected chi connectivity index (χ3v) is 6.54. The van der Waals surface area contributed by atoms with Gasteiger partial charge < -0.3 is 20.9 Å². The summed E-state index contributed by atoms with van der Waals surface area (Å²) in [4.78, 5) is 10.3. The molecule has 0 fully saturated rings. The highest BCUT2D eigenvalue weighted by atomic mass is 32.1. The predicted octanol–water partition coefficient (Wildman–Crippen LogP) is 5.18. The van der Waals surface area contributed by atoms with Crippen LogP contribution < -0.4 is 15.8 Å². The van der Waals surface area contributed by atoms with Gasteiger partial charge in [0.05, 0.1) is 9.88 Å². The van der Waals surface area contributed by atoms with Gasteiger partial charge in [-0.05, 0) is 63.4 Å². The number of nitrogens with one attached hydrogen (secondary N) is 1. The molecule has 34 heavy (non-hydrogen) atoms. The van der Waals surface area contributed by atoms with Gasteiger partial charge in [-0.2, -0.15) is 0 Å². The van der Waals surface area contributed by atoms with E-state index in [0.29, 0.717) is 30.6 Å². The number of nitrogens with zero attached hydrogens (tertiary/aromatic N) is 2. The van der Waals surface area contributed by atoms with Crippen molar-refractivity contribution in [3.05, 3.63) is 58.9 Å². The van der Waals surface area contributed by atoms with Crippen LogP contribution in [0.1, 0.15) is 62.1 Å². The lowest BCUT2D eigenvalue weighted by Gasteiger charge is -2.12. The molecule has 0 spiro atoms. The van der Waals surface area contributed by atoms with Crippen LogP contribution >= 0.6 is 11.3 Å². The highest BCUT2D eigenvalue weighted by Crippen LogP contribution is 2.36. The molecule has 0 saturated heterocycles. The minimum Gasteiger partial charge on any atom is -0.485 e. The van der Waals surface area contributed by atoms with Crippen molar-refractivity contribution in [1.29, 1.82) is 0 Å². The van der Waals surface area contributed by atoms with E-state index in [1.807, 2.05) is 49.8 Å². The fourth-order valence-electron chi connectivity index (χ4n) is 3.48. The number of aliphatic hydroxyl groups is 1. The summed E-state index contributed by atoms with van der Waals surface area (Å²) >= 11 is 1.71. The summed E-state index contributed by atoms with van der Waals surface area (Å²) in [5, 5.41) is 14.1. The maximum Gasteiger partial charge on any atom is 0.168 e. The molecule has 0 radical (unpaired) electrons. The fourth-order valence-corrected chi connectivity index (χ4v) is 4.60. The van der Waals surface area contributed by atoms with E-state index < -0.39 is 5.60 Å². The normalized spacial score (nSPS) is 12.1. The number of hydrogen-bond donors (Lipinski definition) is 3. The van der Waals surface area contributed by atoms with E-state index in [1.165, 1.54) is 0 Å². The number of ether oxygens (including phenoxy) is 1. The van der Waals surface area contributed by atoms with Crippen molar-refractivity contribution in [3.8, 4) is 28.0 Å². The number of benzene rings is 1. The number of aromatic nitrogens is 2. The van der Waals surface area contributed by atoms with Crippen molar-refractivity contribution in [2.75, 3.05) is 18.9 Å². The number of pyridine rings is 1. The maximum absolute atomic E-state index is 9.84. The molecule has 0 aliphatic carbocycles. The minimum atomic E-state index is -1.03. The van der Waals surface area contributed by atoms with Crippen LogP contribution in [0.2, 0.25) is 0 Å². The molecule has 0 amide bonds. The van der Waals surface area contributed by atoms with Gasteiger partial charge in [0.15, 0.2) is 11.6 Å². The van der Waals surface area contributed by atoms with Gasteiger partial charge in [0.2, 0.25) is 0 Å². The third-order valence-electron chi connectivity index (χ3n) is 5.33. The zero-order valence-corrected chi connectivity index (χ0v) is 21.2. The summed E-state index contributed by atoms with van der Waals surface area (Å²) in [5.41, 5.74) is 7.47. The Bertz CT molecular complexity index is 1140. The Hall–Kier alpha value is -2.92. The molecule has 0 saturated carbocycles. The molecule has 1 unspecified atom stereocenters. The molecule has 4 N–H and O–H groups in total. The topological polar surface area (TPSA) is 93.3 Å². The Morgan fingerprint density at radius 2 is 2.06 bits per heavy atom.